The molecule has 4 aromatic rings. The number of hydrogen-bond acceptors (Lipinski definition) is 5. The lowest BCUT2D eigenvalue weighted by atomic mass is 10.2. The number of pyridine rings is 1. The number of rotatable bonds is 6. The molecule has 2 aromatic heterocycles. The Morgan fingerprint density at radius 3 is 2.63 bits per heavy atom. The van der Waals surface area contributed by atoms with Gasteiger partial charge in [-0.1, -0.05) is 30.3 Å². The van der Waals surface area contributed by atoms with Crippen LogP contribution in [0.2, 0.25) is 0 Å². The van der Waals surface area contributed by atoms with Crippen LogP contribution in [0.25, 0.3) is 10.6 Å². The van der Waals surface area contributed by atoms with Gasteiger partial charge in [-0.2, -0.15) is 0 Å². The van der Waals surface area contributed by atoms with Crippen molar-refractivity contribution in [2.45, 2.75) is 13.5 Å². The quantitative estimate of drug-likeness (QED) is 0.449. The summed E-state index contributed by atoms with van der Waals surface area (Å²) < 4.78 is 19.9. The molecule has 150 valence electrons. The number of para-hydroxylation sites is 2. The van der Waals surface area contributed by atoms with Gasteiger partial charge < -0.3 is 10.1 Å². The first-order valence-electron chi connectivity index (χ1n) is 9.27. The number of halogens is 1. The molecule has 0 radical (unpaired) electrons. The molecule has 0 aliphatic carbocycles. The van der Waals surface area contributed by atoms with Crippen molar-refractivity contribution in [1.82, 2.24) is 9.97 Å². The molecular weight excluding hydrogens is 401 g/mol. The zero-order chi connectivity index (χ0) is 20.9. The van der Waals surface area contributed by atoms with Gasteiger partial charge in [0.15, 0.2) is 0 Å². The smallest absolute Gasteiger partial charge is 0.267 e. The summed E-state index contributed by atoms with van der Waals surface area (Å²) in [6, 6.07) is 19.2. The molecule has 0 unspecified atom stereocenters. The summed E-state index contributed by atoms with van der Waals surface area (Å²) in [6.07, 6.45) is 1.70. The Labute approximate surface area is 177 Å². The first-order chi connectivity index (χ1) is 14.6. The summed E-state index contributed by atoms with van der Waals surface area (Å²) in [5, 5.41) is 3.34. The third kappa shape index (κ3) is 4.36. The monoisotopic (exact) mass is 419 g/mol. The van der Waals surface area contributed by atoms with Gasteiger partial charge in [-0.15, -0.1) is 11.3 Å². The fourth-order valence-electron chi connectivity index (χ4n) is 2.87. The number of ether oxygens (including phenoxy) is 1. The summed E-state index contributed by atoms with van der Waals surface area (Å²) in [6.45, 7) is 2.02. The van der Waals surface area contributed by atoms with Crippen molar-refractivity contribution >= 4 is 22.9 Å². The van der Waals surface area contributed by atoms with Gasteiger partial charge in [0.05, 0.1) is 17.1 Å². The number of hydrogen-bond donors (Lipinski definition) is 1. The Morgan fingerprint density at radius 2 is 1.83 bits per heavy atom. The van der Waals surface area contributed by atoms with Crippen LogP contribution in [0.4, 0.5) is 10.1 Å². The van der Waals surface area contributed by atoms with Crippen LogP contribution in [0.15, 0.2) is 72.9 Å². The van der Waals surface area contributed by atoms with E-state index in [1.54, 1.807) is 43.5 Å². The molecule has 0 aliphatic heterocycles. The normalized spacial score (nSPS) is 10.6. The Balaban J connectivity index is 1.53. The number of nitrogens with one attached hydrogen (secondary N) is 1. The Kier molecular flexibility index (Phi) is 5.81. The number of nitrogens with zero attached hydrogens (tertiary/aromatic N) is 2. The molecule has 0 saturated carbocycles. The van der Waals surface area contributed by atoms with Crippen LogP contribution in [0.3, 0.4) is 0 Å². The maximum absolute atomic E-state index is 14.1. The molecule has 0 fully saturated rings. The molecule has 0 bridgehead atoms. The average molecular weight is 419 g/mol. The lowest BCUT2D eigenvalue weighted by molar-refractivity contribution is 0.102. The molecule has 0 atom stereocenters. The van der Waals surface area contributed by atoms with Crippen LogP contribution in [-0.4, -0.2) is 15.9 Å². The average Bonchev–Trinajstić information content (AvgIpc) is 3.15. The molecule has 0 saturated heterocycles. The number of aryl methyl sites for hydroxylation is 1. The van der Waals surface area contributed by atoms with E-state index in [0.29, 0.717) is 32.6 Å². The predicted octanol–water partition coefficient (Wildman–Crippen LogP) is 5.48. The maximum atomic E-state index is 14.1. The first kappa shape index (κ1) is 19.7. The van der Waals surface area contributed by atoms with Crippen LogP contribution in [0.5, 0.6) is 5.75 Å². The molecule has 1 N–H and O–H groups in total. The van der Waals surface area contributed by atoms with E-state index in [-0.39, 0.29) is 18.3 Å². The highest BCUT2D eigenvalue weighted by molar-refractivity contribution is 7.17. The number of amides is 1. The van der Waals surface area contributed by atoms with Crippen molar-refractivity contribution in [3.63, 3.8) is 0 Å². The van der Waals surface area contributed by atoms with E-state index >= 15 is 0 Å². The van der Waals surface area contributed by atoms with Crippen molar-refractivity contribution in [3.05, 3.63) is 95.0 Å². The Hall–Kier alpha value is -3.58. The van der Waals surface area contributed by atoms with E-state index in [1.807, 2.05) is 30.3 Å². The molecular formula is C23H18FN3O2S. The minimum Gasteiger partial charge on any atom is -0.485 e. The van der Waals surface area contributed by atoms with E-state index in [1.165, 1.54) is 6.07 Å². The molecule has 7 heteroatoms. The number of thiazole rings is 1. The number of carbonyl (C=O) groups excluding carboxylic acids is 1. The van der Waals surface area contributed by atoms with Gasteiger partial charge in [0, 0.05) is 11.8 Å². The summed E-state index contributed by atoms with van der Waals surface area (Å²) in [4.78, 5) is 21.9. The lowest BCUT2D eigenvalue weighted by Gasteiger charge is -2.12. The maximum Gasteiger partial charge on any atom is 0.267 e. The van der Waals surface area contributed by atoms with Crippen molar-refractivity contribution in [1.29, 1.82) is 0 Å². The number of carbonyl (C=O) groups is 1. The minimum atomic E-state index is -0.369. The van der Waals surface area contributed by atoms with Gasteiger partial charge in [0.1, 0.15) is 28.1 Å². The summed E-state index contributed by atoms with van der Waals surface area (Å²) >= 11 is 1.16. The molecule has 0 spiro atoms. The second-order valence-electron chi connectivity index (χ2n) is 6.47. The van der Waals surface area contributed by atoms with Gasteiger partial charge in [-0.05, 0) is 43.3 Å². The highest BCUT2D eigenvalue weighted by Crippen LogP contribution is 2.31. The predicted molar refractivity (Wildman–Crippen MR) is 115 cm³/mol. The van der Waals surface area contributed by atoms with Gasteiger partial charge in [0.25, 0.3) is 5.91 Å². The minimum absolute atomic E-state index is 0.282. The standard InChI is InChI=1S/C23H18FN3O2S/c1-15-21(30-23(26-15)17-9-2-3-10-18(17)24)22(28)27-19-11-4-5-12-20(19)29-14-16-8-6-7-13-25-16/h2-13H,14H2,1H3,(H,27,28). The largest absolute Gasteiger partial charge is 0.485 e. The van der Waals surface area contributed by atoms with Gasteiger partial charge in [-0.25, -0.2) is 9.37 Å². The summed E-state index contributed by atoms with van der Waals surface area (Å²) in [5.74, 6) is -0.152. The Bertz CT molecular complexity index is 1180. The van der Waals surface area contributed by atoms with E-state index in [9.17, 15) is 9.18 Å². The third-order valence-electron chi connectivity index (χ3n) is 4.34. The highest BCUT2D eigenvalue weighted by atomic mass is 32.1. The first-order valence-corrected chi connectivity index (χ1v) is 10.1. The van der Waals surface area contributed by atoms with E-state index in [2.05, 4.69) is 15.3 Å². The van der Waals surface area contributed by atoms with Crippen LogP contribution in [-0.2, 0) is 6.61 Å². The third-order valence-corrected chi connectivity index (χ3v) is 5.53. The second-order valence-corrected chi connectivity index (χ2v) is 7.47. The van der Waals surface area contributed by atoms with Crippen molar-refractivity contribution in [2.75, 3.05) is 5.32 Å². The van der Waals surface area contributed by atoms with Gasteiger partial charge in [-0.3, -0.25) is 9.78 Å². The number of aromatic nitrogens is 2. The molecule has 5 nitrogen and oxygen atoms in total. The van der Waals surface area contributed by atoms with E-state index in [0.717, 1.165) is 17.0 Å². The van der Waals surface area contributed by atoms with Crippen LogP contribution in [0.1, 0.15) is 21.1 Å². The Morgan fingerprint density at radius 1 is 1.07 bits per heavy atom. The van der Waals surface area contributed by atoms with Crippen LogP contribution in [0, 0.1) is 12.7 Å². The van der Waals surface area contributed by atoms with Crippen molar-refractivity contribution in [3.8, 4) is 16.3 Å². The molecule has 1 amide bonds. The van der Waals surface area contributed by atoms with E-state index in [4.69, 9.17) is 4.74 Å². The zero-order valence-electron chi connectivity index (χ0n) is 16.1. The topological polar surface area (TPSA) is 64.1 Å². The summed E-state index contributed by atoms with van der Waals surface area (Å²) in [5.41, 5.74) is 2.25. The molecule has 0 aliphatic rings. The number of anilines is 1. The fourth-order valence-corrected chi connectivity index (χ4v) is 3.86. The highest BCUT2D eigenvalue weighted by Gasteiger charge is 2.19. The van der Waals surface area contributed by atoms with Crippen molar-refractivity contribution < 1.29 is 13.9 Å². The molecule has 4 rings (SSSR count). The van der Waals surface area contributed by atoms with Gasteiger partial charge in [0.2, 0.25) is 0 Å². The SMILES string of the molecule is Cc1nc(-c2ccccc2F)sc1C(=O)Nc1ccccc1OCc1ccccn1. The van der Waals surface area contributed by atoms with E-state index < -0.39 is 0 Å². The number of benzene rings is 2. The fraction of sp³-hybridized carbons (Fsp3) is 0.0870. The van der Waals surface area contributed by atoms with Gasteiger partial charge >= 0.3 is 0 Å². The molecule has 30 heavy (non-hydrogen) atoms. The summed E-state index contributed by atoms with van der Waals surface area (Å²) in [7, 11) is 0. The van der Waals surface area contributed by atoms with Crippen LogP contribution < -0.4 is 10.1 Å². The second kappa shape index (κ2) is 8.84. The lowest BCUT2D eigenvalue weighted by Crippen LogP contribution is -2.12. The zero-order valence-corrected chi connectivity index (χ0v) is 16.9. The molecule has 2 heterocycles. The molecule has 2 aromatic carbocycles. The van der Waals surface area contributed by atoms with Crippen molar-refractivity contribution in [2.24, 2.45) is 0 Å². The van der Waals surface area contributed by atoms with Crippen LogP contribution >= 0.6 is 11.3 Å².